The lowest BCUT2D eigenvalue weighted by Gasteiger charge is -2.13. The van der Waals surface area contributed by atoms with Crippen LogP contribution in [0, 0.1) is 0 Å². The third-order valence-electron chi connectivity index (χ3n) is 5.21. The Bertz CT molecular complexity index is 1610. The van der Waals surface area contributed by atoms with Gasteiger partial charge < -0.3 is 15.0 Å². The fourth-order valence-corrected chi connectivity index (χ4v) is 4.52. The fraction of sp³-hybridized carbons (Fsp3) is 0.0800. The summed E-state index contributed by atoms with van der Waals surface area (Å²) in [7, 11) is 0. The van der Waals surface area contributed by atoms with Gasteiger partial charge in [-0.2, -0.15) is 0 Å². The molecule has 0 spiro atoms. The molecule has 0 bridgehead atoms. The number of carbonyl (C=O) groups excluding carboxylic acids is 1. The monoisotopic (exact) mass is 510 g/mol. The number of anilines is 1. The van der Waals surface area contributed by atoms with Crippen LogP contribution in [-0.4, -0.2) is 32.6 Å². The van der Waals surface area contributed by atoms with Crippen molar-refractivity contribution in [3.05, 3.63) is 89.2 Å². The van der Waals surface area contributed by atoms with Gasteiger partial charge in [0, 0.05) is 16.6 Å². The number of nitrogens with one attached hydrogen (secondary N) is 2. The number of nitrogens with zero attached hydrogens (tertiary/aromatic N) is 2. The van der Waals surface area contributed by atoms with Crippen molar-refractivity contribution in [2.45, 2.75) is 11.5 Å². The van der Waals surface area contributed by atoms with Crippen LogP contribution >= 0.6 is 11.8 Å². The Kier molecular flexibility index (Phi) is 6.15. The maximum atomic E-state index is 13.5. The number of aromatic amines is 1. The number of fused-ring (bicyclic) bond motifs is 3. The Morgan fingerprint density at radius 2 is 1.69 bits per heavy atom. The van der Waals surface area contributed by atoms with Gasteiger partial charge in [-0.25, -0.2) is 4.98 Å². The van der Waals surface area contributed by atoms with E-state index in [0.29, 0.717) is 16.7 Å². The molecule has 0 atom stereocenters. The third-order valence-corrected chi connectivity index (χ3v) is 6.15. The Hall–Kier alpha value is -4.25. The summed E-state index contributed by atoms with van der Waals surface area (Å²) in [5, 5.41) is 3.72. The molecule has 0 saturated carbocycles. The van der Waals surface area contributed by atoms with Crippen LogP contribution in [-0.2, 0) is 4.79 Å². The highest BCUT2D eigenvalue weighted by Crippen LogP contribution is 2.28. The standard InChI is InChI=1S/C25H17F3N4O3S/c26-25(27,28)35-17-12-10-16(11-13-17)32-23(34)22-21(18-8-4-5-9-19(18)30-22)31-24(32)36-14-20(33)29-15-6-2-1-3-7-15/h1-13,30H,14H2,(H,29,33). The van der Waals surface area contributed by atoms with E-state index in [2.05, 4.69) is 20.0 Å². The SMILES string of the molecule is O=C(CSc1nc2c([nH]c3ccccc32)c(=O)n1-c1ccc(OC(F)(F)F)cc1)Nc1ccccc1. The van der Waals surface area contributed by atoms with E-state index in [1.165, 1.54) is 16.7 Å². The lowest BCUT2D eigenvalue weighted by Crippen LogP contribution is -2.23. The van der Waals surface area contributed by atoms with Crippen molar-refractivity contribution in [1.29, 1.82) is 0 Å². The molecule has 0 aliphatic heterocycles. The third kappa shape index (κ3) is 4.91. The number of hydrogen-bond donors (Lipinski definition) is 2. The highest BCUT2D eigenvalue weighted by molar-refractivity contribution is 7.99. The molecule has 7 nitrogen and oxygen atoms in total. The summed E-state index contributed by atoms with van der Waals surface area (Å²) >= 11 is 1.04. The second-order valence-corrected chi connectivity index (χ2v) is 8.62. The highest BCUT2D eigenvalue weighted by Gasteiger charge is 2.31. The van der Waals surface area contributed by atoms with Crippen molar-refractivity contribution in [2.24, 2.45) is 0 Å². The molecule has 2 aromatic heterocycles. The lowest BCUT2D eigenvalue weighted by atomic mass is 10.2. The minimum absolute atomic E-state index is 0.0511. The van der Waals surface area contributed by atoms with Gasteiger partial charge in [-0.3, -0.25) is 14.2 Å². The van der Waals surface area contributed by atoms with Crippen LogP contribution < -0.4 is 15.6 Å². The van der Waals surface area contributed by atoms with Crippen molar-refractivity contribution >= 4 is 45.3 Å². The second-order valence-electron chi connectivity index (χ2n) is 7.67. The molecule has 182 valence electrons. The van der Waals surface area contributed by atoms with Gasteiger partial charge in [-0.1, -0.05) is 48.2 Å². The van der Waals surface area contributed by atoms with Crippen LogP contribution in [0.4, 0.5) is 18.9 Å². The Labute approximate surface area is 205 Å². The molecule has 36 heavy (non-hydrogen) atoms. The number of carbonyl (C=O) groups is 1. The van der Waals surface area contributed by atoms with Crippen molar-refractivity contribution in [3.8, 4) is 11.4 Å². The van der Waals surface area contributed by atoms with Gasteiger partial charge in [0.05, 0.1) is 11.4 Å². The molecule has 5 aromatic rings. The molecule has 2 heterocycles. The first-order chi connectivity index (χ1) is 17.3. The van der Waals surface area contributed by atoms with E-state index in [0.717, 1.165) is 29.3 Å². The number of thioether (sulfide) groups is 1. The van der Waals surface area contributed by atoms with Crippen LogP contribution in [0.5, 0.6) is 5.75 Å². The summed E-state index contributed by atoms with van der Waals surface area (Å²) < 4.78 is 42.9. The largest absolute Gasteiger partial charge is 0.573 e. The average Bonchev–Trinajstić information content (AvgIpc) is 3.22. The van der Waals surface area contributed by atoms with E-state index in [4.69, 9.17) is 0 Å². The smallest absolute Gasteiger partial charge is 0.406 e. The molecule has 0 saturated heterocycles. The minimum atomic E-state index is -4.84. The van der Waals surface area contributed by atoms with E-state index in [1.807, 2.05) is 30.3 Å². The first-order valence-electron chi connectivity index (χ1n) is 10.7. The van der Waals surface area contributed by atoms with Gasteiger partial charge in [-0.05, 0) is 42.5 Å². The van der Waals surface area contributed by atoms with Crippen molar-refractivity contribution in [3.63, 3.8) is 0 Å². The van der Waals surface area contributed by atoms with Crippen LogP contribution in [0.15, 0.2) is 88.8 Å². The molecule has 3 aromatic carbocycles. The zero-order valence-electron chi connectivity index (χ0n) is 18.4. The van der Waals surface area contributed by atoms with Gasteiger partial charge in [0.25, 0.3) is 5.56 Å². The topological polar surface area (TPSA) is 89.0 Å². The van der Waals surface area contributed by atoms with Gasteiger partial charge in [0.2, 0.25) is 5.91 Å². The fourth-order valence-electron chi connectivity index (χ4n) is 3.71. The predicted octanol–water partition coefficient (Wildman–Crippen LogP) is 5.50. The number of amides is 1. The number of benzene rings is 3. The average molecular weight is 510 g/mol. The van der Waals surface area contributed by atoms with Gasteiger partial charge in [0.1, 0.15) is 16.8 Å². The number of ether oxygens (including phenoxy) is 1. The number of halogens is 3. The van der Waals surface area contributed by atoms with E-state index in [9.17, 15) is 22.8 Å². The predicted molar refractivity (Wildman–Crippen MR) is 132 cm³/mol. The summed E-state index contributed by atoms with van der Waals surface area (Å²) in [5.41, 5.74) is 1.84. The molecule has 0 radical (unpaired) electrons. The zero-order chi connectivity index (χ0) is 25.3. The van der Waals surface area contributed by atoms with Crippen molar-refractivity contribution in [2.75, 3.05) is 11.1 Å². The second kappa shape index (κ2) is 9.42. The molecule has 0 aliphatic carbocycles. The maximum Gasteiger partial charge on any atom is 0.573 e. The normalized spacial score (nSPS) is 11.6. The van der Waals surface area contributed by atoms with E-state index >= 15 is 0 Å². The van der Waals surface area contributed by atoms with Gasteiger partial charge in [0.15, 0.2) is 5.16 Å². The summed E-state index contributed by atoms with van der Waals surface area (Å²) in [6.07, 6.45) is -4.84. The van der Waals surface area contributed by atoms with E-state index in [1.54, 1.807) is 24.3 Å². The van der Waals surface area contributed by atoms with E-state index in [-0.39, 0.29) is 28.0 Å². The lowest BCUT2D eigenvalue weighted by molar-refractivity contribution is -0.274. The Morgan fingerprint density at radius 1 is 1.00 bits per heavy atom. The molecule has 0 fully saturated rings. The molecule has 1 amide bonds. The summed E-state index contributed by atoms with van der Waals surface area (Å²) in [6, 6.07) is 21.1. The molecular formula is C25H17F3N4O3S. The molecule has 0 unspecified atom stereocenters. The van der Waals surface area contributed by atoms with Crippen molar-refractivity contribution in [1.82, 2.24) is 14.5 Å². The van der Waals surface area contributed by atoms with Crippen LogP contribution in [0.3, 0.4) is 0 Å². The molecular weight excluding hydrogens is 493 g/mol. The summed E-state index contributed by atoms with van der Waals surface area (Å²) in [5.74, 6) is -0.778. The van der Waals surface area contributed by atoms with Crippen LogP contribution in [0.25, 0.3) is 27.6 Å². The molecule has 5 rings (SSSR count). The molecule has 0 aliphatic rings. The van der Waals surface area contributed by atoms with Crippen molar-refractivity contribution < 1.29 is 22.7 Å². The van der Waals surface area contributed by atoms with Crippen LogP contribution in [0.1, 0.15) is 0 Å². The number of rotatable bonds is 6. The highest BCUT2D eigenvalue weighted by atomic mass is 32.2. The van der Waals surface area contributed by atoms with E-state index < -0.39 is 17.7 Å². The number of H-pyrrole nitrogens is 1. The first kappa shape index (κ1) is 23.5. The molecule has 2 N–H and O–H groups in total. The van der Waals surface area contributed by atoms with Gasteiger partial charge in [-0.15, -0.1) is 13.2 Å². The first-order valence-corrected chi connectivity index (χ1v) is 11.6. The van der Waals surface area contributed by atoms with Crippen LogP contribution in [0.2, 0.25) is 0 Å². The maximum absolute atomic E-state index is 13.5. The number of alkyl halides is 3. The summed E-state index contributed by atoms with van der Waals surface area (Å²) in [6.45, 7) is 0. The van der Waals surface area contributed by atoms with Gasteiger partial charge >= 0.3 is 6.36 Å². The molecule has 11 heteroatoms. The minimum Gasteiger partial charge on any atom is -0.406 e. The number of hydrogen-bond acceptors (Lipinski definition) is 5. The Balaban J connectivity index is 1.55. The quantitative estimate of drug-likeness (QED) is 0.233. The number of para-hydroxylation sites is 2. The Morgan fingerprint density at radius 3 is 2.42 bits per heavy atom. The summed E-state index contributed by atoms with van der Waals surface area (Å²) in [4.78, 5) is 33.8. The number of aromatic nitrogens is 3. The zero-order valence-corrected chi connectivity index (χ0v) is 19.2.